The maximum atomic E-state index is 12.9. The average Bonchev–Trinajstić information content (AvgIpc) is 3.08. The van der Waals surface area contributed by atoms with Crippen LogP contribution in [0.3, 0.4) is 0 Å². The molecule has 26 heavy (non-hydrogen) atoms. The largest absolute Gasteiger partial charge is 0.357 e. The first kappa shape index (κ1) is 18.4. The topological polar surface area (TPSA) is 54.2 Å². The second kappa shape index (κ2) is 8.29. The smallest absolute Gasteiger partial charge is 0.319 e. The predicted octanol–water partition coefficient (Wildman–Crippen LogP) is 3.46. The van der Waals surface area contributed by atoms with Crippen LogP contribution in [0.15, 0.2) is 47.7 Å². The third-order valence-corrected chi connectivity index (χ3v) is 4.97. The molecule has 0 aliphatic heterocycles. The van der Waals surface area contributed by atoms with Crippen LogP contribution in [0.4, 0.5) is 8.78 Å². The maximum Gasteiger partial charge on any atom is 0.319 e. The Morgan fingerprint density at radius 1 is 1.27 bits per heavy atom. The Labute approximate surface area is 152 Å². The number of halogens is 2. The highest BCUT2D eigenvalue weighted by molar-refractivity contribution is 5.79. The molecule has 1 saturated carbocycles. The number of hydrogen-bond acceptors (Lipinski definition) is 2. The van der Waals surface area contributed by atoms with Crippen LogP contribution in [-0.2, 0) is 12.0 Å². The molecule has 140 valence electrons. The summed E-state index contributed by atoms with van der Waals surface area (Å²) in [6.07, 6.45) is 6.14. The van der Waals surface area contributed by atoms with Gasteiger partial charge in [0.25, 0.3) is 0 Å². The van der Waals surface area contributed by atoms with E-state index in [1.807, 2.05) is 13.0 Å². The molecule has 0 unspecified atom stereocenters. The molecule has 3 rings (SSSR count). The molecule has 1 heterocycles. The first-order chi connectivity index (χ1) is 12.6. The van der Waals surface area contributed by atoms with Crippen molar-refractivity contribution in [3.8, 4) is 0 Å². The number of aromatic nitrogens is 2. The Hall–Kier alpha value is -2.44. The summed E-state index contributed by atoms with van der Waals surface area (Å²) in [7, 11) is 0. The van der Waals surface area contributed by atoms with Gasteiger partial charge in [0.2, 0.25) is 0 Å². The van der Waals surface area contributed by atoms with E-state index in [1.165, 1.54) is 24.4 Å². The van der Waals surface area contributed by atoms with Crippen LogP contribution in [0, 0.1) is 0 Å². The lowest BCUT2D eigenvalue weighted by Gasteiger charge is -2.43. The molecule has 0 amide bonds. The zero-order valence-electron chi connectivity index (χ0n) is 15.0. The Morgan fingerprint density at radius 3 is 2.65 bits per heavy atom. The van der Waals surface area contributed by atoms with Crippen LogP contribution >= 0.6 is 0 Å². The molecule has 0 radical (unpaired) electrons. The maximum absolute atomic E-state index is 12.9. The number of benzene rings is 1. The van der Waals surface area contributed by atoms with E-state index in [4.69, 9.17) is 0 Å². The van der Waals surface area contributed by atoms with Crippen LogP contribution in [0.5, 0.6) is 0 Å². The number of imidazole rings is 1. The van der Waals surface area contributed by atoms with Gasteiger partial charge in [-0.25, -0.2) is 9.98 Å². The first-order valence-corrected chi connectivity index (χ1v) is 9.02. The molecule has 1 aromatic heterocycles. The minimum absolute atomic E-state index is 0.102. The van der Waals surface area contributed by atoms with E-state index in [-0.39, 0.29) is 17.8 Å². The molecular weight excluding hydrogens is 336 g/mol. The van der Waals surface area contributed by atoms with Gasteiger partial charge in [-0.1, -0.05) is 36.8 Å². The minimum atomic E-state index is -2.60. The summed E-state index contributed by atoms with van der Waals surface area (Å²) in [4.78, 5) is 8.41. The van der Waals surface area contributed by atoms with Crippen molar-refractivity contribution in [2.24, 2.45) is 4.99 Å². The fourth-order valence-electron chi connectivity index (χ4n) is 3.35. The van der Waals surface area contributed by atoms with E-state index >= 15 is 0 Å². The van der Waals surface area contributed by atoms with Crippen LogP contribution in [0.25, 0.3) is 0 Å². The number of nitrogens with zero attached hydrogens (tertiary/aromatic N) is 3. The molecule has 5 nitrogen and oxygen atoms in total. The molecule has 1 aliphatic rings. The summed E-state index contributed by atoms with van der Waals surface area (Å²) in [6.45, 7) is 0.952. The van der Waals surface area contributed by atoms with Crippen molar-refractivity contribution in [1.82, 2.24) is 20.2 Å². The van der Waals surface area contributed by atoms with E-state index in [0.717, 1.165) is 24.0 Å². The molecule has 0 atom stereocenters. The van der Waals surface area contributed by atoms with Gasteiger partial charge >= 0.3 is 6.55 Å². The Kier molecular flexibility index (Phi) is 5.85. The van der Waals surface area contributed by atoms with Crippen LogP contribution in [-0.4, -0.2) is 28.6 Å². The SMILES string of the molecule is CCNC(=NCc1nccn1C(F)F)NCC1(c2ccccc2)CCC1. The Balaban J connectivity index is 1.67. The highest BCUT2D eigenvalue weighted by atomic mass is 19.3. The fraction of sp³-hybridized carbons (Fsp3) is 0.474. The molecule has 1 fully saturated rings. The lowest BCUT2D eigenvalue weighted by atomic mass is 9.64. The molecule has 0 bridgehead atoms. The van der Waals surface area contributed by atoms with Crippen molar-refractivity contribution in [1.29, 1.82) is 0 Å². The van der Waals surface area contributed by atoms with Crippen molar-refractivity contribution in [2.75, 3.05) is 13.1 Å². The number of aliphatic imine (C=N–C) groups is 1. The second-order valence-electron chi connectivity index (χ2n) is 6.58. The summed E-state index contributed by atoms with van der Waals surface area (Å²) in [6, 6.07) is 10.5. The normalized spacial score (nSPS) is 16.4. The number of rotatable bonds is 7. The van der Waals surface area contributed by atoms with E-state index in [9.17, 15) is 8.78 Å². The van der Waals surface area contributed by atoms with E-state index in [1.54, 1.807) is 0 Å². The molecule has 2 aromatic rings. The van der Waals surface area contributed by atoms with Crippen molar-refractivity contribution >= 4 is 5.96 Å². The van der Waals surface area contributed by atoms with Crippen LogP contribution in [0.2, 0.25) is 0 Å². The van der Waals surface area contributed by atoms with Crippen molar-refractivity contribution in [3.63, 3.8) is 0 Å². The Morgan fingerprint density at radius 2 is 2.04 bits per heavy atom. The average molecular weight is 361 g/mol. The first-order valence-electron chi connectivity index (χ1n) is 9.02. The van der Waals surface area contributed by atoms with E-state index in [0.29, 0.717) is 12.5 Å². The van der Waals surface area contributed by atoms with Gasteiger partial charge in [0.15, 0.2) is 5.96 Å². The van der Waals surface area contributed by atoms with Crippen molar-refractivity contribution in [2.45, 2.75) is 44.7 Å². The number of guanidine groups is 1. The molecule has 0 saturated heterocycles. The van der Waals surface area contributed by atoms with E-state index < -0.39 is 6.55 Å². The minimum Gasteiger partial charge on any atom is -0.357 e. The van der Waals surface area contributed by atoms with Gasteiger partial charge in [-0.2, -0.15) is 8.78 Å². The predicted molar refractivity (Wildman–Crippen MR) is 98.3 cm³/mol. The number of hydrogen-bond donors (Lipinski definition) is 2. The van der Waals surface area contributed by atoms with Crippen LogP contribution in [0.1, 0.15) is 44.1 Å². The lowest BCUT2D eigenvalue weighted by Crippen LogP contribution is -2.48. The molecular formula is C19H25F2N5. The molecule has 1 aromatic carbocycles. The van der Waals surface area contributed by atoms with Gasteiger partial charge in [-0.05, 0) is 25.3 Å². The monoisotopic (exact) mass is 361 g/mol. The third kappa shape index (κ3) is 4.03. The van der Waals surface area contributed by atoms with Gasteiger partial charge in [-0.15, -0.1) is 0 Å². The number of nitrogens with one attached hydrogen (secondary N) is 2. The fourth-order valence-corrected chi connectivity index (χ4v) is 3.35. The second-order valence-corrected chi connectivity index (χ2v) is 6.58. The molecule has 1 aliphatic carbocycles. The van der Waals surface area contributed by atoms with Gasteiger partial charge in [0.1, 0.15) is 12.4 Å². The van der Waals surface area contributed by atoms with Crippen molar-refractivity contribution in [3.05, 3.63) is 54.1 Å². The van der Waals surface area contributed by atoms with Gasteiger partial charge in [-0.3, -0.25) is 4.57 Å². The summed E-state index contributed by atoms with van der Waals surface area (Å²) >= 11 is 0. The quantitative estimate of drug-likeness (QED) is 0.587. The highest BCUT2D eigenvalue weighted by Crippen LogP contribution is 2.43. The number of alkyl halides is 2. The van der Waals surface area contributed by atoms with Gasteiger partial charge in [0, 0.05) is 30.9 Å². The van der Waals surface area contributed by atoms with Gasteiger partial charge in [0.05, 0.1) is 0 Å². The lowest BCUT2D eigenvalue weighted by molar-refractivity contribution is 0.0671. The molecule has 0 spiro atoms. The summed E-state index contributed by atoms with van der Waals surface area (Å²) in [5.74, 6) is 0.872. The van der Waals surface area contributed by atoms with Crippen molar-refractivity contribution < 1.29 is 8.78 Å². The van der Waals surface area contributed by atoms with Crippen LogP contribution < -0.4 is 10.6 Å². The molecule has 7 heteroatoms. The molecule has 2 N–H and O–H groups in total. The Bertz CT molecular complexity index is 723. The highest BCUT2D eigenvalue weighted by Gasteiger charge is 2.38. The zero-order valence-corrected chi connectivity index (χ0v) is 15.0. The standard InChI is InChI=1S/C19H25F2N5/c1-2-22-18(24-13-16-23-11-12-26(16)17(20)21)25-14-19(9-6-10-19)15-7-4-3-5-8-15/h3-5,7-8,11-12,17H,2,6,9-10,13-14H2,1H3,(H2,22,24,25). The zero-order chi connectivity index (χ0) is 18.4. The summed E-state index contributed by atoms with van der Waals surface area (Å²) < 4.78 is 26.7. The summed E-state index contributed by atoms with van der Waals surface area (Å²) in [5.41, 5.74) is 1.46. The summed E-state index contributed by atoms with van der Waals surface area (Å²) in [5, 5.41) is 6.57. The van der Waals surface area contributed by atoms with E-state index in [2.05, 4.69) is 44.9 Å². The third-order valence-electron chi connectivity index (χ3n) is 4.97. The van der Waals surface area contributed by atoms with Gasteiger partial charge < -0.3 is 10.6 Å².